The standard InChI is InChI=1S/C17H25N3O2/c1-18-16(19-12-17(21)9-4-5-10-17)20-14-8-11-22-15-7-3-2-6-13(14)15/h2-3,6-7,14,21H,4-5,8-12H2,1H3,(H2,18,19,20). The third-order valence-corrected chi connectivity index (χ3v) is 4.61. The van der Waals surface area contributed by atoms with Gasteiger partial charge in [0, 0.05) is 25.6 Å². The molecule has 0 spiro atoms. The quantitative estimate of drug-likeness (QED) is 0.590. The fourth-order valence-electron chi connectivity index (χ4n) is 3.31. The normalized spacial score (nSPS) is 23.5. The zero-order chi connectivity index (χ0) is 15.4. The number of aliphatic imine (C=N–C) groups is 1. The summed E-state index contributed by atoms with van der Waals surface area (Å²) in [7, 11) is 1.76. The van der Waals surface area contributed by atoms with Crippen molar-refractivity contribution in [1.82, 2.24) is 10.6 Å². The molecule has 0 amide bonds. The lowest BCUT2D eigenvalue weighted by Gasteiger charge is -2.29. The lowest BCUT2D eigenvalue weighted by molar-refractivity contribution is 0.0521. The number of benzene rings is 1. The summed E-state index contributed by atoms with van der Waals surface area (Å²) in [6.07, 6.45) is 4.87. The van der Waals surface area contributed by atoms with Crippen molar-refractivity contribution in [1.29, 1.82) is 0 Å². The molecule has 1 unspecified atom stereocenters. The second-order valence-electron chi connectivity index (χ2n) is 6.23. The molecule has 3 rings (SSSR count). The highest BCUT2D eigenvalue weighted by Gasteiger charge is 2.31. The summed E-state index contributed by atoms with van der Waals surface area (Å²) >= 11 is 0. The number of fused-ring (bicyclic) bond motifs is 1. The van der Waals surface area contributed by atoms with Crippen LogP contribution in [0, 0.1) is 0 Å². The van der Waals surface area contributed by atoms with E-state index in [0.29, 0.717) is 13.2 Å². The van der Waals surface area contributed by atoms with Crippen LogP contribution in [0.1, 0.15) is 43.7 Å². The van der Waals surface area contributed by atoms with Crippen LogP contribution in [0.3, 0.4) is 0 Å². The average molecular weight is 303 g/mol. The van der Waals surface area contributed by atoms with Crippen molar-refractivity contribution in [2.45, 2.75) is 43.7 Å². The SMILES string of the molecule is CN=C(NCC1(O)CCCC1)NC1CCOc2ccccc21. The van der Waals surface area contributed by atoms with E-state index in [9.17, 15) is 5.11 Å². The molecule has 1 saturated carbocycles. The summed E-state index contributed by atoms with van der Waals surface area (Å²) in [5.74, 6) is 1.68. The van der Waals surface area contributed by atoms with Crippen molar-refractivity contribution in [3.05, 3.63) is 29.8 Å². The first-order valence-electron chi connectivity index (χ1n) is 8.11. The van der Waals surface area contributed by atoms with Crippen LogP contribution in [0.5, 0.6) is 5.75 Å². The minimum Gasteiger partial charge on any atom is -0.493 e. The number of para-hydroxylation sites is 1. The van der Waals surface area contributed by atoms with E-state index in [4.69, 9.17) is 4.74 Å². The van der Waals surface area contributed by atoms with Crippen LogP contribution in [0.25, 0.3) is 0 Å². The Hall–Kier alpha value is -1.75. The molecule has 0 bridgehead atoms. The maximum Gasteiger partial charge on any atom is 0.191 e. The molecule has 0 radical (unpaired) electrons. The smallest absolute Gasteiger partial charge is 0.191 e. The topological polar surface area (TPSA) is 65.9 Å². The van der Waals surface area contributed by atoms with Crippen molar-refractivity contribution in [2.75, 3.05) is 20.2 Å². The van der Waals surface area contributed by atoms with Crippen LogP contribution in [-0.2, 0) is 0 Å². The Morgan fingerprint density at radius 3 is 2.91 bits per heavy atom. The Balaban J connectivity index is 1.62. The summed E-state index contributed by atoms with van der Waals surface area (Å²) in [5.41, 5.74) is 0.585. The third kappa shape index (κ3) is 3.35. The molecule has 5 nitrogen and oxygen atoms in total. The van der Waals surface area contributed by atoms with Gasteiger partial charge in [-0.2, -0.15) is 0 Å². The molecule has 0 aromatic heterocycles. The van der Waals surface area contributed by atoms with E-state index in [1.807, 2.05) is 18.2 Å². The van der Waals surface area contributed by atoms with Crippen LogP contribution < -0.4 is 15.4 Å². The van der Waals surface area contributed by atoms with Gasteiger partial charge in [-0.25, -0.2) is 0 Å². The van der Waals surface area contributed by atoms with Crippen LogP contribution in [0.2, 0.25) is 0 Å². The molecule has 1 fully saturated rings. The van der Waals surface area contributed by atoms with Crippen molar-refractivity contribution >= 4 is 5.96 Å². The molecule has 5 heteroatoms. The van der Waals surface area contributed by atoms with Crippen LogP contribution in [-0.4, -0.2) is 36.9 Å². The van der Waals surface area contributed by atoms with Gasteiger partial charge in [0.1, 0.15) is 5.75 Å². The summed E-state index contributed by atoms with van der Waals surface area (Å²) in [6, 6.07) is 8.29. The zero-order valence-electron chi connectivity index (χ0n) is 13.1. The first-order valence-corrected chi connectivity index (χ1v) is 8.11. The number of hydrogen-bond donors (Lipinski definition) is 3. The Morgan fingerprint density at radius 1 is 1.36 bits per heavy atom. The highest BCUT2D eigenvalue weighted by molar-refractivity contribution is 5.80. The van der Waals surface area contributed by atoms with Gasteiger partial charge in [-0.1, -0.05) is 31.0 Å². The minimum absolute atomic E-state index is 0.189. The van der Waals surface area contributed by atoms with Crippen LogP contribution >= 0.6 is 0 Å². The van der Waals surface area contributed by atoms with Crippen molar-refractivity contribution in [3.8, 4) is 5.75 Å². The summed E-state index contributed by atoms with van der Waals surface area (Å²) in [5, 5.41) is 17.2. The molecule has 0 saturated heterocycles. The summed E-state index contributed by atoms with van der Waals surface area (Å²) in [4.78, 5) is 4.29. The number of rotatable bonds is 3. The molecule has 1 atom stereocenters. The second kappa shape index (κ2) is 6.57. The third-order valence-electron chi connectivity index (χ3n) is 4.61. The van der Waals surface area contributed by atoms with Gasteiger partial charge in [0.15, 0.2) is 5.96 Å². The molecule has 22 heavy (non-hydrogen) atoms. The molecule has 1 aliphatic heterocycles. The van der Waals surface area contributed by atoms with Gasteiger partial charge in [0.2, 0.25) is 0 Å². The van der Waals surface area contributed by atoms with Gasteiger partial charge in [-0.3, -0.25) is 4.99 Å². The van der Waals surface area contributed by atoms with E-state index in [0.717, 1.165) is 49.4 Å². The van der Waals surface area contributed by atoms with Crippen LogP contribution in [0.4, 0.5) is 0 Å². The molecule has 3 N–H and O–H groups in total. The number of guanidine groups is 1. The van der Waals surface area contributed by atoms with E-state index in [1.165, 1.54) is 0 Å². The van der Waals surface area contributed by atoms with Gasteiger partial charge >= 0.3 is 0 Å². The largest absolute Gasteiger partial charge is 0.493 e. The van der Waals surface area contributed by atoms with Crippen molar-refractivity contribution in [3.63, 3.8) is 0 Å². The average Bonchev–Trinajstić information content (AvgIpc) is 2.98. The number of hydrogen-bond acceptors (Lipinski definition) is 3. The summed E-state index contributed by atoms with van der Waals surface area (Å²) < 4.78 is 5.69. The first kappa shape index (κ1) is 15.2. The number of ether oxygens (including phenoxy) is 1. The molecule has 1 aliphatic carbocycles. The number of nitrogens with zero attached hydrogens (tertiary/aromatic N) is 1. The Labute approximate surface area is 131 Å². The minimum atomic E-state index is -0.578. The molecule has 1 heterocycles. The molecule has 120 valence electrons. The molecule has 2 aliphatic rings. The predicted octanol–water partition coefficient (Wildman–Crippen LogP) is 1.98. The lowest BCUT2D eigenvalue weighted by atomic mass is 10.0. The molecular weight excluding hydrogens is 278 g/mol. The Bertz CT molecular complexity index is 538. The van der Waals surface area contributed by atoms with Gasteiger partial charge < -0.3 is 20.5 Å². The molecular formula is C17H25N3O2. The van der Waals surface area contributed by atoms with Crippen molar-refractivity contribution in [2.24, 2.45) is 4.99 Å². The van der Waals surface area contributed by atoms with E-state index >= 15 is 0 Å². The lowest BCUT2D eigenvalue weighted by Crippen LogP contribution is -2.47. The predicted molar refractivity (Wildman–Crippen MR) is 87.2 cm³/mol. The first-order chi connectivity index (χ1) is 10.7. The van der Waals surface area contributed by atoms with Gasteiger partial charge in [0.05, 0.1) is 18.2 Å². The van der Waals surface area contributed by atoms with E-state index < -0.39 is 5.60 Å². The Kier molecular flexibility index (Phi) is 4.52. The highest BCUT2D eigenvalue weighted by Crippen LogP contribution is 2.31. The highest BCUT2D eigenvalue weighted by atomic mass is 16.5. The molecule has 1 aromatic rings. The van der Waals surface area contributed by atoms with Gasteiger partial charge in [0.25, 0.3) is 0 Å². The fourth-order valence-corrected chi connectivity index (χ4v) is 3.31. The number of nitrogens with one attached hydrogen (secondary N) is 2. The van der Waals surface area contributed by atoms with E-state index in [-0.39, 0.29) is 6.04 Å². The monoisotopic (exact) mass is 303 g/mol. The number of aliphatic hydroxyl groups is 1. The van der Waals surface area contributed by atoms with E-state index in [2.05, 4.69) is 21.7 Å². The van der Waals surface area contributed by atoms with Crippen molar-refractivity contribution < 1.29 is 9.84 Å². The zero-order valence-corrected chi connectivity index (χ0v) is 13.1. The summed E-state index contributed by atoms with van der Waals surface area (Å²) in [6.45, 7) is 1.26. The van der Waals surface area contributed by atoms with Gasteiger partial charge in [-0.05, 0) is 18.9 Å². The second-order valence-corrected chi connectivity index (χ2v) is 6.23. The Morgan fingerprint density at radius 2 is 2.14 bits per heavy atom. The maximum absolute atomic E-state index is 10.4. The fraction of sp³-hybridized carbons (Fsp3) is 0.588. The van der Waals surface area contributed by atoms with Gasteiger partial charge in [-0.15, -0.1) is 0 Å². The van der Waals surface area contributed by atoms with E-state index in [1.54, 1.807) is 7.05 Å². The molecule has 1 aromatic carbocycles. The van der Waals surface area contributed by atoms with Crippen LogP contribution in [0.15, 0.2) is 29.3 Å². The maximum atomic E-state index is 10.4.